The molecule has 3 rings (SSSR count). The van der Waals surface area contributed by atoms with Crippen LogP contribution in [0.2, 0.25) is 0 Å². The van der Waals surface area contributed by atoms with Gasteiger partial charge in [0, 0.05) is 39.8 Å². The first-order valence-corrected chi connectivity index (χ1v) is 10.5. The maximum atomic E-state index is 13.5. The van der Waals surface area contributed by atoms with Crippen molar-refractivity contribution in [3.63, 3.8) is 0 Å². The molecule has 168 valence electrons. The smallest absolute Gasteiger partial charge is 0.331 e. The van der Waals surface area contributed by atoms with Crippen LogP contribution in [-0.2, 0) is 24.4 Å². The quantitative estimate of drug-likeness (QED) is 0.400. The molecule has 0 bridgehead atoms. The van der Waals surface area contributed by atoms with Crippen molar-refractivity contribution in [1.29, 1.82) is 5.26 Å². The summed E-state index contributed by atoms with van der Waals surface area (Å²) in [7, 11) is 3.15. The normalized spacial score (nSPS) is 14.4. The van der Waals surface area contributed by atoms with E-state index in [0.29, 0.717) is 23.9 Å². The SMILES string of the molecule is CC#CCn1c(CN2CCNCC2)c(NC(=NC)OC)n(Cc2ccccc2C#N)c1=O. The number of hydrogen-bond donors (Lipinski definition) is 2. The third kappa shape index (κ3) is 5.20. The first-order chi connectivity index (χ1) is 15.6. The van der Waals surface area contributed by atoms with Crippen molar-refractivity contribution in [2.75, 3.05) is 45.7 Å². The van der Waals surface area contributed by atoms with Crippen LogP contribution in [0.5, 0.6) is 0 Å². The second-order valence-electron chi connectivity index (χ2n) is 7.33. The molecule has 2 aromatic rings. The van der Waals surface area contributed by atoms with Gasteiger partial charge in [-0.05, 0) is 18.6 Å². The Labute approximate surface area is 188 Å². The van der Waals surface area contributed by atoms with E-state index in [0.717, 1.165) is 37.4 Å². The molecule has 2 heterocycles. The number of nitriles is 1. The Hall–Kier alpha value is -3.53. The van der Waals surface area contributed by atoms with Gasteiger partial charge in [0.05, 0.1) is 37.5 Å². The van der Waals surface area contributed by atoms with Gasteiger partial charge in [0.2, 0.25) is 0 Å². The predicted octanol–water partition coefficient (Wildman–Crippen LogP) is 1.04. The van der Waals surface area contributed by atoms with Gasteiger partial charge < -0.3 is 10.1 Å². The molecule has 2 N–H and O–H groups in total. The summed E-state index contributed by atoms with van der Waals surface area (Å²) in [6.07, 6.45) is 0. The van der Waals surface area contributed by atoms with E-state index in [1.54, 1.807) is 29.2 Å². The number of aromatic nitrogens is 2. The lowest BCUT2D eigenvalue weighted by Crippen LogP contribution is -2.43. The number of nitrogens with zero attached hydrogens (tertiary/aromatic N) is 5. The number of hydrogen-bond acceptors (Lipinski definition) is 6. The maximum absolute atomic E-state index is 13.5. The highest BCUT2D eigenvalue weighted by Gasteiger charge is 2.24. The number of imidazole rings is 1. The van der Waals surface area contributed by atoms with E-state index in [2.05, 4.69) is 38.4 Å². The summed E-state index contributed by atoms with van der Waals surface area (Å²) in [6.45, 7) is 6.43. The number of ether oxygens (including phenoxy) is 1. The number of aliphatic imine (C=N–C) groups is 1. The lowest BCUT2D eigenvalue weighted by atomic mass is 10.1. The highest BCUT2D eigenvalue weighted by atomic mass is 16.5. The molecule has 0 atom stereocenters. The standard InChI is InChI=1S/C23H29N7O2/c1-4-5-12-29-20(17-28-13-10-26-11-14-28)21(27-22(25-2)32-3)30(23(29)31)16-19-9-7-6-8-18(19)15-24/h6-9,26H,10-14,16-17H2,1-3H3,(H,25,27). The lowest BCUT2D eigenvalue weighted by Gasteiger charge is -2.27. The number of amidine groups is 1. The molecule has 1 aromatic carbocycles. The summed E-state index contributed by atoms with van der Waals surface area (Å²) in [5, 5.41) is 16.1. The highest BCUT2D eigenvalue weighted by molar-refractivity contribution is 5.88. The number of piperazine rings is 1. The van der Waals surface area contributed by atoms with Crippen LogP contribution in [0, 0.1) is 23.2 Å². The molecule has 32 heavy (non-hydrogen) atoms. The predicted molar refractivity (Wildman–Crippen MR) is 125 cm³/mol. The van der Waals surface area contributed by atoms with Crippen molar-refractivity contribution in [3.05, 3.63) is 51.6 Å². The van der Waals surface area contributed by atoms with Crippen molar-refractivity contribution < 1.29 is 4.74 Å². The van der Waals surface area contributed by atoms with Crippen LogP contribution < -0.4 is 16.3 Å². The number of rotatable bonds is 6. The highest BCUT2D eigenvalue weighted by Crippen LogP contribution is 2.21. The largest absolute Gasteiger partial charge is 0.468 e. The minimum atomic E-state index is -0.195. The van der Waals surface area contributed by atoms with Crippen molar-refractivity contribution in [2.45, 2.75) is 26.6 Å². The van der Waals surface area contributed by atoms with Gasteiger partial charge in [-0.3, -0.25) is 19.4 Å². The molecule has 1 fully saturated rings. The third-order valence-electron chi connectivity index (χ3n) is 5.42. The number of nitrogens with one attached hydrogen (secondary N) is 2. The van der Waals surface area contributed by atoms with E-state index in [1.165, 1.54) is 7.11 Å². The summed E-state index contributed by atoms with van der Waals surface area (Å²) in [6, 6.07) is 9.80. The summed E-state index contributed by atoms with van der Waals surface area (Å²) in [5.74, 6) is 6.50. The van der Waals surface area contributed by atoms with Gasteiger partial charge in [-0.25, -0.2) is 9.79 Å². The zero-order chi connectivity index (χ0) is 22.9. The van der Waals surface area contributed by atoms with E-state index in [-0.39, 0.29) is 18.8 Å². The molecule has 0 unspecified atom stereocenters. The zero-order valence-electron chi connectivity index (χ0n) is 18.8. The van der Waals surface area contributed by atoms with Gasteiger partial charge >= 0.3 is 5.69 Å². The van der Waals surface area contributed by atoms with E-state index < -0.39 is 0 Å². The topological polar surface area (TPSA) is 99.6 Å². The molecule has 1 aliphatic heterocycles. The van der Waals surface area contributed by atoms with Gasteiger partial charge in [0.25, 0.3) is 6.02 Å². The molecule has 1 aliphatic rings. The zero-order valence-corrected chi connectivity index (χ0v) is 18.8. The molecule has 9 nitrogen and oxygen atoms in total. The van der Waals surface area contributed by atoms with Crippen LogP contribution in [0.3, 0.4) is 0 Å². The van der Waals surface area contributed by atoms with Crippen molar-refractivity contribution in [3.8, 4) is 17.9 Å². The monoisotopic (exact) mass is 435 g/mol. The van der Waals surface area contributed by atoms with Crippen LogP contribution >= 0.6 is 0 Å². The maximum Gasteiger partial charge on any atom is 0.331 e. The summed E-state index contributed by atoms with van der Waals surface area (Å²) in [4.78, 5) is 20.0. The van der Waals surface area contributed by atoms with Crippen LogP contribution in [-0.4, -0.2) is 60.4 Å². The number of benzene rings is 1. The Bertz CT molecular complexity index is 1120. The van der Waals surface area contributed by atoms with Crippen LogP contribution in [0.15, 0.2) is 34.1 Å². The second kappa shape index (κ2) is 11.2. The Kier molecular flexibility index (Phi) is 8.09. The molecule has 9 heteroatoms. The first-order valence-electron chi connectivity index (χ1n) is 10.5. The minimum Gasteiger partial charge on any atom is -0.468 e. The van der Waals surface area contributed by atoms with Gasteiger partial charge in [-0.15, -0.1) is 5.92 Å². The number of methoxy groups -OCH3 is 1. The molecule has 1 aromatic heterocycles. The molecule has 0 spiro atoms. The molecule has 1 saturated heterocycles. The molecule has 0 aliphatic carbocycles. The summed E-state index contributed by atoms with van der Waals surface area (Å²) in [5.41, 5.74) is 1.92. The Morgan fingerprint density at radius 2 is 2.00 bits per heavy atom. The Morgan fingerprint density at radius 3 is 2.66 bits per heavy atom. The van der Waals surface area contributed by atoms with Gasteiger partial charge in [0.1, 0.15) is 5.82 Å². The second-order valence-corrected chi connectivity index (χ2v) is 7.33. The molecular formula is C23H29N7O2. The van der Waals surface area contributed by atoms with E-state index in [1.807, 2.05) is 18.2 Å². The van der Waals surface area contributed by atoms with E-state index in [9.17, 15) is 10.1 Å². The summed E-state index contributed by atoms with van der Waals surface area (Å²) < 4.78 is 8.67. The number of anilines is 1. The molecule has 0 amide bonds. The fourth-order valence-corrected chi connectivity index (χ4v) is 3.73. The molecule has 0 radical (unpaired) electrons. The van der Waals surface area contributed by atoms with Crippen LogP contribution in [0.25, 0.3) is 0 Å². The molecular weight excluding hydrogens is 406 g/mol. The van der Waals surface area contributed by atoms with Crippen LogP contribution in [0.1, 0.15) is 23.7 Å². The first kappa shape index (κ1) is 23.1. The van der Waals surface area contributed by atoms with Crippen molar-refractivity contribution in [2.24, 2.45) is 4.99 Å². The van der Waals surface area contributed by atoms with E-state index in [4.69, 9.17) is 4.74 Å². The Morgan fingerprint density at radius 1 is 1.25 bits per heavy atom. The summed E-state index contributed by atoms with van der Waals surface area (Å²) >= 11 is 0. The average Bonchev–Trinajstić information content (AvgIpc) is 3.06. The van der Waals surface area contributed by atoms with Gasteiger partial charge in [0.15, 0.2) is 0 Å². The fraction of sp³-hybridized carbons (Fsp3) is 0.435. The van der Waals surface area contributed by atoms with E-state index >= 15 is 0 Å². The molecule has 0 saturated carbocycles. The van der Waals surface area contributed by atoms with Crippen molar-refractivity contribution >= 4 is 11.8 Å². The third-order valence-corrected chi connectivity index (χ3v) is 5.42. The fourth-order valence-electron chi connectivity index (χ4n) is 3.73. The van der Waals surface area contributed by atoms with Gasteiger partial charge in [-0.1, -0.05) is 24.1 Å². The average molecular weight is 436 g/mol. The van der Waals surface area contributed by atoms with Gasteiger partial charge in [-0.2, -0.15) is 5.26 Å². The lowest BCUT2D eigenvalue weighted by molar-refractivity contribution is 0.228. The van der Waals surface area contributed by atoms with Crippen molar-refractivity contribution in [1.82, 2.24) is 19.4 Å². The minimum absolute atomic E-state index is 0.195. The van der Waals surface area contributed by atoms with Crippen LogP contribution in [0.4, 0.5) is 5.82 Å². The Balaban J connectivity index is 2.14.